The molecule has 0 unspecified atom stereocenters. The van der Waals surface area contributed by atoms with Crippen LogP contribution in [0.5, 0.6) is 0 Å². The van der Waals surface area contributed by atoms with Crippen LogP contribution in [-0.4, -0.2) is 78.6 Å². The molecule has 1 aliphatic heterocycles. The summed E-state index contributed by atoms with van der Waals surface area (Å²) in [4.78, 5) is 16.5. The minimum absolute atomic E-state index is 0.136. The maximum absolute atomic E-state index is 12.7. The summed E-state index contributed by atoms with van der Waals surface area (Å²) in [7, 11) is -2.97. The van der Waals surface area contributed by atoms with E-state index in [9.17, 15) is 13.2 Å². The Balaban J connectivity index is 1.57. The molecule has 28 heavy (non-hydrogen) atoms. The number of amides is 1. The zero-order valence-electron chi connectivity index (χ0n) is 16.3. The molecule has 0 spiro atoms. The van der Waals surface area contributed by atoms with Crippen LogP contribution in [0.3, 0.4) is 0 Å². The third kappa shape index (κ3) is 5.03. The van der Waals surface area contributed by atoms with E-state index in [4.69, 9.17) is 4.42 Å². The molecule has 0 aliphatic carbocycles. The van der Waals surface area contributed by atoms with Gasteiger partial charge in [0.25, 0.3) is 5.91 Å². The SMILES string of the molecule is Cc1nn(Cc2ccc(C(=O)N3CCN(CCS(C)(=O)=O)CC3)o2)c(C)c1Br. The van der Waals surface area contributed by atoms with Gasteiger partial charge in [0, 0.05) is 39.0 Å². The lowest BCUT2D eigenvalue weighted by atomic mass is 10.3. The molecule has 2 aromatic heterocycles. The molecule has 154 valence electrons. The third-order valence-electron chi connectivity index (χ3n) is 4.91. The molecule has 3 rings (SSSR count). The highest BCUT2D eigenvalue weighted by molar-refractivity contribution is 9.10. The van der Waals surface area contributed by atoms with Gasteiger partial charge in [0.15, 0.2) is 5.76 Å². The molecule has 8 nitrogen and oxygen atoms in total. The summed E-state index contributed by atoms with van der Waals surface area (Å²) in [6.45, 7) is 7.31. The van der Waals surface area contributed by atoms with Crippen molar-refractivity contribution < 1.29 is 17.6 Å². The van der Waals surface area contributed by atoms with Gasteiger partial charge >= 0.3 is 0 Å². The van der Waals surface area contributed by atoms with E-state index in [0.29, 0.717) is 50.8 Å². The topological polar surface area (TPSA) is 88.7 Å². The summed E-state index contributed by atoms with van der Waals surface area (Å²) in [6.07, 6.45) is 1.24. The maximum atomic E-state index is 12.7. The van der Waals surface area contributed by atoms with Gasteiger partial charge in [-0.05, 0) is 41.9 Å². The van der Waals surface area contributed by atoms with E-state index < -0.39 is 9.84 Å². The number of aryl methyl sites for hydroxylation is 1. The van der Waals surface area contributed by atoms with Crippen molar-refractivity contribution in [3.63, 3.8) is 0 Å². The van der Waals surface area contributed by atoms with Gasteiger partial charge in [-0.15, -0.1) is 0 Å². The summed E-state index contributed by atoms with van der Waals surface area (Å²) in [5, 5.41) is 4.46. The number of carbonyl (C=O) groups is 1. The number of carbonyl (C=O) groups excluding carboxylic acids is 1. The fraction of sp³-hybridized carbons (Fsp3) is 0.556. The van der Waals surface area contributed by atoms with Crippen molar-refractivity contribution in [3.05, 3.63) is 39.5 Å². The van der Waals surface area contributed by atoms with Crippen LogP contribution in [0.4, 0.5) is 0 Å². The molecular weight excluding hydrogens is 448 g/mol. The van der Waals surface area contributed by atoms with Gasteiger partial charge in [-0.2, -0.15) is 5.10 Å². The summed E-state index contributed by atoms with van der Waals surface area (Å²) >= 11 is 3.51. The summed E-state index contributed by atoms with van der Waals surface area (Å²) < 4.78 is 31.2. The highest BCUT2D eigenvalue weighted by Crippen LogP contribution is 2.21. The smallest absolute Gasteiger partial charge is 0.289 e. The summed E-state index contributed by atoms with van der Waals surface area (Å²) in [6, 6.07) is 3.51. The third-order valence-corrected chi connectivity index (χ3v) is 6.98. The second-order valence-electron chi connectivity index (χ2n) is 7.17. The number of hydrogen-bond donors (Lipinski definition) is 0. The zero-order valence-corrected chi connectivity index (χ0v) is 18.7. The lowest BCUT2D eigenvalue weighted by Gasteiger charge is -2.34. The maximum Gasteiger partial charge on any atom is 0.289 e. The van der Waals surface area contributed by atoms with Gasteiger partial charge in [0.1, 0.15) is 15.6 Å². The van der Waals surface area contributed by atoms with E-state index in [2.05, 4.69) is 25.9 Å². The molecule has 0 bridgehead atoms. The van der Waals surface area contributed by atoms with E-state index in [-0.39, 0.29) is 11.7 Å². The standard InChI is InChI=1S/C18H25BrN4O4S/c1-13-17(19)14(2)23(20-13)12-15-4-5-16(27-15)18(24)22-8-6-21(7-9-22)10-11-28(3,25)26/h4-5H,6-12H2,1-3H3. The second-order valence-corrected chi connectivity index (χ2v) is 10.2. The van der Waals surface area contributed by atoms with Crippen molar-refractivity contribution in [1.29, 1.82) is 0 Å². The molecule has 0 atom stereocenters. The van der Waals surface area contributed by atoms with Crippen molar-refractivity contribution in [2.24, 2.45) is 0 Å². The van der Waals surface area contributed by atoms with E-state index in [1.54, 1.807) is 17.0 Å². The first-order valence-electron chi connectivity index (χ1n) is 9.11. The number of hydrogen-bond acceptors (Lipinski definition) is 6. The molecule has 1 aliphatic rings. The van der Waals surface area contributed by atoms with E-state index >= 15 is 0 Å². The first kappa shape index (κ1) is 21.1. The number of sulfone groups is 1. The van der Waals surface area contributed by atoms with Crippen LogP contribution in [0.25, 0.3) is 0 Å². The van der Waals surface area contributed by atoms with Gasteiger partial charge in [-0.25, -0.2) is 8.42 Å². The number of furan rings is 1. The van der Waals surface area contributed by atoms with Gasteiger partial charge in [0.05, 0.1) is 28.2 Å². The first-order chi connectivity index (χ1) is 13.1. The van der Waals surface area contributed by atoms with E-state index in [1.165, 1.54) is 6.26 Å². The summed E-state index contributed by atoms with van der Waals surface area (Å²) in [5.41, 5.74) is 1.92. The Morgan fingerprint density at radius 2 is 1.89 bits per heavy atom. The average molecular weight is 473 g/mol. The van der Waals surface area contributed by atoms with Crippen LogP contribution >= 0.6 is 15.9 Å². The molecule has 1 saturated heterocycles. The minimum atomic E-state index is -2.97. The van der Waals surface area contributed by atoms with Crippen molar-refractivity contribution in [2.75, 3.05) is 44.7 Å². The predicted octanol–water partition coefficient (Wildman–Crippen LogP) is 1.71. The number of piperazine rings is 1. The van der Waals surface area contributed by atoms with Crippen LogP contribution in [-0.2, 0) is 16.4 Å². The van der Waals surface area contributed by atoms with Gasteiger partial charge < -0.3 is 9.32 Å². The Morgan fingerprint density at radius 1 is 1.21 bits per heavy atom. The summed E-state index contributed by atoms with van der Waals surface area (Å²) in [5.74, 6) is 1.00. The monoisotopic (exact) mass is 472 g/mol. The highest BCUT2D eigenvalue weighted by atomic mass is 79.9. The lowest BCUT2D eigenvalue weighted by molar-refractivity contribution is 0.0611. The average Bonchev–Trinajstić information content (AvgIpc) is 3.20. The molecule has 0 saturated carbocycles. The zero-order chi connectivity index (χ0) is 20.5. The molecule has 10 heteroatoms. The lowest BCUT2D eigenvalue weighted by Crippen LogP contribution is -2.49. The molecule has 1 fully saturated rings. The molecule has 0 radical (unpaired) electrons. The molecule has 2 aromatic rings. The quantitative estimate of drug-likeness (QED) is 0.635. The van der Waals surface area contributed by atoms with Crippen molar-refractivity contribution in [3.8, 4) is 0 Å². The van der Waals surface area contributed by atoms with Crippen LogP contribution in [0, 0.1) is 13.8 Å². The van der Waals surface area contributed by atoms with E-state index in [0.717, 1.165) is 15.9 Å². The van der Waals surface area contributed by atoms with Crippen LogP contribution < -0.4 is 0 Å². The number of halogens is 1. The van der Waals surface area contributed by atoms with Crippen LogP contribution in [0.15, 0.2) is 21.0 Å². The Morgan fingerprint density at radius 3 is 2.46 bits per heavy atom. The van der Waals surface area contributed by atoms with Gasteiger partial charge in [0.2, 0.25) is 0 Å². The first-order valence-corrected chi connectivity index (χ1v) is 12.0. The van der Waals surface area contributed by atoms with Crippen molar-refractivity contribution >= 4 is 31.7 Å². The highest BCUT2D eigenvalue weighted by Gasteiger charge is 2.25. The number of rotatable bonds is 6. The van der Waals surface area contributed by atoms with E-state index in [1.807, 2.05) is 18.5 Å². The van der Waals surface area contributed by atoms with Crippen LogP contribution in [0.2, 0.25) is 0 Å². The van der Waals surface area contributed by atoms with Crippen LogP contribution in [0.1, 0.15) is 27.7 Å². The fourth-order valence-corrected chi connectivity index (χ4v) is 4.05. The fourth-order valence-electron chi connectivity index (χ4n) is 3.18. The molecule has 1 amide bonds. The Bertz CT molecular complexity index is 958. The minimum Gasteiger partial charge on any atom is -0.454 e. The molecular formula is C18H25BrN4O4S. The van der Waals surface area contributed by atoms with Gasteiger partial charge in [-0.3, -0.25) is 14.4 Å². The molecule has 0 N–H and O–H groups in total. The van der Waals surface area contributed by atoms with Crippen molar-refractivity contribution in [1.82, 2.24) is 19.6 Å². The molecule has 3 heterocycles. The Kier molecular flexibility index (Phi) is 6.31. The van der Waals surface area contributed by atoms with Crippen molar-refractivity contribution in [2.45, 2.75) is 20.4 Å². The Hall–Kier alpha value is -1.65. The largest absolute Gasteiger partial charge is 0.454 e. The predicted molar refractivity (Wildman–Crippen MR) is 109 cm³/mol. The number of nitrogens with zero attached hydrogens (tertiary/aromatic N) is 4. The second kappa shape index (κ2) is 8.38. The molecule has 0 aromatic carbocycles. The normalized spacial score (nSPS) is 15.9. The number of aromatic nitrogens is 2. The van der Waals surface area contributed by atoms with Gasteiger partial charge in [-0.1, -0.05) is 0 Å². The Labute approximate surface area is 173 Å².